The molecule has 2 amide bonds. The minimum atomic E-state index is -3.89. The SMILES string of the molecule is CC[C@H](C(=O)NC(C)C)N(Cc1c(Cl)cccc1Cl)C(=O)CN(c1ccc2c(c1)OCO2)S(C)(=O)=O. The number of nitrogens with zero attached hydrogens (tertiary/aromatic N) is 2. The van der Waals surface area contributed by atoms with E-state index in [0.717, 1.165) is 10.6 Å². The van der Waals surface area contributed by atoms with Crippen molar-refractivity contribution in [1.82, 2.24) is 10.2 Å². The molecule has 196 valence electrons. The van der Waals surface area contributed by atoms with E-state index in [2.05, 4.69) is 5.32 Å². The van der Waals surface area contributed by atoms with Crippen LogP contribution in [0.3, 0.4) is 0 Å². The fraction of sp³-hybridized carbons (Fsp3) is 0.417. The van der Waals surface area contributed by atoms with Gasteiger partial charge < -0.3 is 19.7 Å². The van der Waals surface area contributed by atoms with Crippen LogP contribution in [-0.2, 0) is 26.2 Å². The molecule has 0 spiro atoms. The molecular formula is C24H29Cl2N3O6S. The number of hydrogen-bond acceptors (Lipinski definition) is 6. The van der Waals surface area contributed by atoms with Crippen LogP contribution in [0.5, 0.6) is 11.5 Å². The third-order valence-corrected chi connectivity index (χ3v) is 7.38. The van der Waals surface area contributed by atoms with E-state index in [1.807, 2.05) is 13.8 Å². The molecule has 0 bridgehead atoms. The first-order valence-corrected chi connectivity index (χ1v) is 13.9. The quantitative estimate of drug-likeness (QED) is 0.476. The van der Waals surface area contributed by atoms with E-state index in [4.69, 9.17) is 32.7 Å². The molecule has 0 saturated carbocycles. The summed E-state index contributed by atoms with van der Waals surface area (Å²) in [5, 5.41) is 3.48. The Balaban J connectivity index is 1.99. The fourth-order valence-electron chi connectivity index (χ4n) is 3.81. The van der Waals surface area contributed by atoms with Crippen LogP contribution in [0, 0.1) is 0 Å². The van der Waals surface area contributed by atoms with Gasteiger partial charge in [-0.15, -0.1) is 0 Å². The predicted octanol–water partition coefficient (Wildman–Crippen LogP) is 3.82. The Bertz CT molecular complexity index is 1220. The monoisotopic (exact) mass is 557 g/mol. The maximum atomic E-state index is 13.7. The molecule has 2 aromatic rings. The predicted molar refractivity (Wildman–Crippen MR) is 139 cm³/mol. The van der Waals surface area contributed by atoms with E-state index in [-0.39, 0.29) is 37.4 Å². The van der Waals surface area contributed by atoms with Crippen molar-refractivity contribution in [3.8, 4) is 11.5 Å². The Kier molecular flexibility index (Phi) is 8.97. The molecule has 0 saturated heterocycles. The Morgan fingerprint density at radius 3 is 2.31 bits per heavy atom. The van der Waals surface area contributed by atoms with Crippen molar-refractivity contribution in [1.29, 1.82) is 0 Å². The summed E-state index contributed by atoms with van der Waals surface area (Å²) in [5.74, 6) is -0.112. The number of carbonyl (C=O) groups excluding carboxylic acids is 2. The molecule has 0 fully saturated rings. The molecule has 3 rings (SSSR count). The topological polar surface area (TPSA) is 105 Å². The summed E-state index contributed by atoms with van der Waals surface area (Å²) in [5.41, 5.74) is 0.685. The first-order chi connectivity index (χ1) is 16.9. The van der Waals surface area contributed by atoms with Gasteiger partial charge in [0.25, 0.3) is 0 Å². The summed E-state index contributed by atoms with van der Waals surface area (Å²) in [7, 11) is -3.89. The van der Waals surface area contributed by atoms with Crippen LogP contribution in [0.25, 0.3) is 0 Å². The first kappa shape index (κ1) is 27.9. The van der Waals surface area contributed by atoms with Crippen LogP contribution in [0.2, 0.25) is 10.0 Å². The van der Waals surface area contributed by atoms with E-state index in [9.17, 15) is 18.0 Å². The number of sulfonamides is 1. The van der Waals surface area contributed by atoms with E-state index in [1.165, 1.54) is 17.0 Å². The van der Waals surface area contributed by atoms with Gasteiger partial charge in [0, 0.05) is 34.3 Å². The van der Waals surface area contributed by atoms with Gasteiger partial charge in [0.2, 0.25) is 28.6 Å². The fourth-order valence-corrected chi connectivity index (χ4v) is 5.17. The van der Waals surface area contributed by atoms with Crippen LogP contribution in [0.4, 0.5) is 5.69 Å². The molecule has 1 aliphatic heterocycles. The molecule has 1 N–H and O–H groups in total. The second kappa shape index (κ2) is 11.6. The van der Waals surface area contributed by atoms with Crippen molar-refractivity contribution in [2.24, 2.45) is 0 Å². The number of hydrogen-bond donors (Lipinski definition) is 1. The molecule has 1 aliphatic rings. The lowest BCUT2D eigenvalue weighted by molar-refractivity contribution is -0.140. The molecule has 0 unspecified atom stereocenters. The first-order valence-electron chi connectivity index (χ1n) is 11.3. The Morgan fingerprint density at radius 2 is 1.72 bits per heavy atom. The highest BCUT2D eigenvalue weighted by molar-refractivity contribution is 7.92. The second-order valence-electron chi connectivity index (χ2n) is 8.62. The van der Waals surface area contributed by atoms with Gasteiger partial charge in [-0.2, -0.15) is 0 Å². The van der Waals surface area contributed by atoms with Crippen molar-refractivity contribution in [2.45, 2.75) is 45.8 Å². The third kappa shape index (κ3) is 6.54. The third-order valence-electron chi connectivity index (χ3n) is 5.53. The van der Waals surface area contributed by atoms with Crippen LogP contribution >= 0.6 is 23.2 Å². The maximum absolute atomic E-state index is 13.7. The normalized spacial score (nSPS) is 13.4. The highest BCUT2D eigenvalue weighted by Crippen LogP contribution is 2.36. The minimum Gasteiger partial charge on any atom is -0.454 e. The van der Waals surface area contributed by atoms with Crippen LogP contribution in [0.15, 0.2) is 36.4 Å². The van der Waals surface area contributed by atoms with Crippen LogP contribution in [-0.4, -0.2) is 56.8 Å². The zero-order valence-electron chi connectivity index (χ0n) is 20.5. The molecule has 0 aliphatic carbocycles. The molecule has 0 aromatic heterocycles. The lowest BCUT2D eigenvalue weighted by Gasteiger charge is -2.33. The minimum absolute atomic E-state index is 0.0199. The van der Waals surface area contributed by atoms with Crippen molar-refractivity contribution >= 4 is 50.7 Å². The number of carbonyl (C=O) groups is 2. The highest BCUT2D eigenvalue weighted by atomic mass is 35.5. The number of halogens is 2. The highest BCUT2D eigenvalue weighted by Gasteiger charge is 2.33. The van der Waals surface area contributed by atoms with E-state index in [0.29, 0.717) is 27.1 Å². The van der Waals surface area contributed by atoms with Gasteiger partial charge in [-0.3, -0.25) is 13.9 Å². The van der Waals surface area contributed by atoms with Crippen molar-refractivity contribution in [3.63, 3.8) is 0 Å². The van der Waals surface area contributed by atoms with Crippen molar-refractivity contribution in [2.75, 3.05) is 23.9 Å². The van der Waals surface area contributed by atoms with Gasteiger partial charge in [-0.25, -0.2) is 8.42 Å². The lowest BCUT2D eigenvalue weighted by Crippen LogP contribution is -2.53. The number of fused-ring (bicyclic) bond motifs is 1. The standard InChI is InChI=1S/C24H29Cl2N3O6S/c1-5-20(24(31)27-15(2)3)28(12-17-18(25)7-6-8-19(17)26)23(30)13-29(36(4,32)33)16-9-10-21-22(11-16)35-14-34-21/h6-11,15,20H,5,12-14H2,1-4H3,(H,27,31)/t20-/m1/s1. The average Bonchev–Trinajstić information content (AvgIpc) is 3.25. The molecule has 1 heterocycles. The van der Waals surface area contributed by atoms with Gasteiger partial charge in [0.05, 0.1) is 11.9 Å². The average molecular weight is 558 g/mol. The number of rotatable bonds is 10. The van der Waals surface area contributed by atoms with Crippen molar-refractivity contribution < 1.29 is 27.5 Å². The number of benzene rings is 2. The summed E-state index contributed by atoms with van der Waals surface area (Å²) in [6.07, 6.45) is 1.29. The Hall–Kier alpha value is -2.69. The van der Waals surface area contributed by atoms with Gasteiger partial charge >= 0.3 is 0 Å². The largest absolute Gasteiger partial charge is 0.454 e. The number of ether oxygens (including phenoxy) is 2. The van der Waals surface area contributed by atoms with Gasteiger partial charge in [-0.1, -0.05) is 36.2 Å². The van der Waals surface area contributed by atoms with E-state index >= 15 is 0 Å². The molecule has 12 heteroatoms. The summed E-state index contributed by atoms with van der Waals surface area (Å²) >= 11 is 12.7. The smallest absolute Gasteiger partial charge is 0.244 e. The van der Waals surface area contributed by atoms with Gasteiger partial charge in [0.1, 0.15) is 12.6 Å². The lowest BCUT2D eigenvalue weighted by atomic mass is 10.1. The van der Waals surface area contributed by atoms with E-state index in [1.54, 1.807) is 31.2 Å². The zero-order chi connectivity index (χ0) is 26.6. The molecule has 0 radical (unpaired) electrons. The molecule has 1 atom stereocenters. The summed E-state index contributed by atoms with van der Waals surface area (Å²) in [4.78, 5) is 28.1. The zero-order valence-corrected chi connectivity index (χ0v) is 22.8. The molecule has 9 nitrogen and oxygen atoms in total. The maximum Gasteiger partial charge on any atom is 0.244 e. The molecular weight excluding hydrogens is 529 g/mol. The summed E-state index contributed by atoms with van der Waals surface area (Å²) < 4.78 is 37.1. The van der Waals surface area contributed by atoms with Gasteiger partial charge in [-0.05, 0) is 44.5 Å². The summed E-state index contributed by atoms with van der Waals surface area (Å²) in [6, 6.07) is 8.50. The Morgan fingerprint density at radius 1 is 1.08 bits per heavy atom. The van der Waals surface area contributed by atoms with Gasteiger partial charge in [0.15, 0.2) is 11.5 Å². The Labute approximate surface area is 221 Å². The number of nitrogens with one attached hydrogen (secondary N) is 1. The van der Waals surface area contributed by atoms with Crippen molar-refractivity contribution in [3.05, 3.63) is 52.0 Å². The van der Waals surface area contributed by atoms with E-state index < -0.39 is 28.5 Å². The van der Waals surface area contributed by atoms with Crippen LogP contribution in [0.1, 0.15) is 32.8 Å². The van der Waals surface area contributed by atoms with Crippen LogP contribution < -0.4 is 19.1 Å². The number of anilines is 1. The number of amides is 2. The second-order valence-corrected chi connectivity index (χ2v) is 11.3. The molecule has 36 heavy (non-hydrogen) atoms. The summed E-state index contributed by atoms with van der Waals surface area (Å²) in [6.45, 7) is 4.78. The molecule has 2 aromatic carbocycles.